The molecule has 8 nitrogen and oxygen atoms in total. The molecule has 4 aromatic rings. The Bertz CT molecular complexity index is 1500. The third kappa shape index (κ3) is 4.82. The molecule has 0 unspecified atom stereocenters. The number of fused-ring (bicyclic) bond motifs is 2. The summed E-state index contributed by atoms with van der Waals surface area (Å²) in [6, 6.07) is 17.9. The number of halogens is 2. The summed E-state index contributed by atoms with van der Waals surface area (Å²) in [5.74, 6) is 3.05. The number of ketones is 1. The molecule has 2 aliphatic heterocycles. The molecule has 1 atom stereocenters. The summed E-state index contributed by atoms with van der Waals surface area (Å²) in [4.78, 5) is 12.9. The fourth-order valence-corrected chi connectivity index (χ4v) is 5.42. The van der Waals surface area contributed by atoms with Crippen molar-refractivity contribution in [2.45, 2.75) is 11.3 Å². The normalized spacial score (nSPS) is 15.9. The minimum absolute atomic E-state index is 0.0922. The molecular weight excluding hydrogens is 537 g/mol. The number of para-hydroxylation sites is 2. The van der Waals surface area contributed by atoms with E-state index in [-0.39, 0.29) is 18.1 Å². The van der Waals surface area contributed by atoms with Crippen LogP contribution in [0.3, 0.4) is 0 Å². The number of rotatable bonds is 6. The van der Waals surface area contributed by atoms with Crippen LogP contribution in [-0.4, -0.2) is 46.1 Å². The van der Waals surface area contributed by atoms with Crippen molar-refractivity contribution >= 4 is 40.7 Å². The molecule has 0 fully saturated rings. The highest BCUT2D eigenvalue weighted by Gasteiger charge is 2.30. The van der Waals surface area contributed by atoms with E-state index >= 15 is 0 Å². The number of benzene rings is 3. The van der Waals surface area contributed by atoms with Crippen molar-refractivity contribution in [1.82, 2.24) is 14.8 Å². The summed E-state index contributed by atoms with van der Waals surface area (Å²) in [6.07, 6.45) is -0.522. The van der Waals surface area contributed by atoms with Crippen molar-refractivity contribution in [3.63, 3.8) is 0 Å². The van der Waals surface area contributed by atoms with Crippen LogP contribution < -0.4 is 18.9 Å². The predicted molar refractivity (Wildman–Crippen MR) is 139 cm³/mol. The van der Waals surface area contributed by atoms with Gasteiger partial charge in [0.25, 0.3) is 0 Å². The molecule has 0 aliphatic carbocycles. The zero-order valence-corrected chi connectivity index (χ0v) is 21.6. The molecule has 6 rings (SSSR count). The molecule has 188 valence electrons. The van der Waals surface area contributed by atoms with Gasteiger partial charge in [0.2, 0.25) is 0 Å². The maximum absolute atomic E-state index is 12.9. The van der Waals surface area contributed by atoms with Gasteiger partial charge in [-0.2, -0.15) is 0 Å². The van der Waals surface area contributed by atoms with Gasteiger partial charge in [-0.15, -0.1) is 10.2 Å². The Labute approximate surface area is 226 Å². The molecule has 0 spiro atoms. The van der Waals surface area contributed by atoms with Crippen LogP contribution in [0.5, 0.6) is 23.0 Å². The second-order valence-corrected chi connectivity index (χ2v) is 9.99. The van der Waals surface area contributed by atoms with Crippen LogP contribution in [0.4, 0.5) is 0 Å². The van der Waals surface area contributed by atoms with E-state index in [0.29, 0.717) is 62.8 Å². The number of hydrogen-bond donors (Lipinski definition) is 0. The van der Waals surface area contributed by atoms with Gasteiger partial charge in [0.1, 0.15) is 19.8 Å². The van der Waals surface area contributed by atoms with Gasteiger partial charge in [0, 0.05) is 16.7 Å². The van der Waals surface area contributed by atoms with Crippen LogP contribution in [0.2, 0.25) is 10.0 Å². The second kappa shape index (κ2) is 10.2. The number of nitrogens with zero attached hydrogens (tertiary/aromatic N) is 3. The third-order valence-corrected chi connectivity index (χ3v) is 7.28. The van der Waals surface area contributed by atoms with Crippen molar-refractivity contribution in [2.75, 3.05) is 25.6 Å². The lowest BCUT2D eigenvalue weighted by molar-refractivity contribution is 0.0835. The molecular formula is C26H19Cl2N3O5S. The monoisotopic (exact) mass is 555 g/mol. The van der Waals surface area contributed by atoms with E-state index in [9.17, 15) is 4.79 Å². The van der Waals surface area contributed by atoms with Crippen LogP contribution in [0, 0.1) is 0 Å². The first-order chi connectivity index (χ1) is 18.1. The average Bonchev–Trinajstić information content (AvgIpc) is 3.35. The zero-order valence-electron chi connectivity index (χ0n) is 19.2. The van der Waals surface area contributed by atoms with Crippen molar-refractivity contribution < 1.29 is 23.7 Å². The minimum atomic E-state index is -0.522. The first-order valence-electron chi connectivity index (χ1n) is 11.4. The van der Waals surface area contributed by atoms with Gasteiger partial charge in [0.15, 0.2) is 45.9 Å². The molecule has 0 N–H and O–H groups in total. The first kappa shape index (κ1) is 24.0. The van der Waals surface area contributed by atoms with Gasteiger partial charge in [-0.1, -0.05) is 47.1 Å². The summed E-state index contributed by atoms with van der Waals surface area (Å²) < 4.78 is 25.5. The molecule has 0 bridgehead atoms. The minimum Gasteiger partial charge on any atom is -0.486 e. The maximum Gasteiger partial charge on any atom is 0.196 e. The number of carbonyl (C=O) groups is 1. The lowest BCUT2D eigenvalue weighted by atomic mass is 10.1. The van der Waals surface area contributed by atoms with E-state index < -0.39 is 6.10 Å². The van der Waals surface area contributed by atoms with Crippen molar-refractivity contribution in [3.05, 3.63) is 82.1 Å². The van der Waals surface area contributed by atoms with Gasteiger partial charge in [-0.25, -0.2) is 0 Å². The highest BCUT2D eigenvalue weighted by molar-refractivity contribution is 7.99. The lowest BCUT2D eigenvalue weighted by Gasteiger charge is -2.26. The molecule has 0 radical (unpaired) electrons. The number of carbonyl (C=O) groups excluding carboxylic acids is 1. The molecule has 0 amide bonds. The summed E-state index contributed by atoms with van der Waals surface area (Å²) in [5.41, 5.74) is 1.14. The number of aromatic nitrogens is 3. The Kier molecular flexibility index (Phi) is 6.58. The predicted octanol–water partition coefficient (Wildman–Crippen LogP) is 5.83. The Morgan fingerprint density at radius 1 is 0.919 bits per heavy atom. The van der Waals surface area contributed by atoms with E-state index in [1.165, 1.54) is 11.8 Å². The molecule has 11 heteroatoms. The van der Waals surface area contributed by atoms with Crippen LogP contribution in [-0.2, 0) is 0 Å². The molecule has 0 saturated heterocycles. The van der Waals surface area contributed by atoms with Crippen molar-refractivity contribution in [3.8, 4) is 28.7 Å². The van der Waals surface area contributed by atoms with Crippen LogP contribution in [0.15, 0.2) is 65.8 Å². The number of Topliss-reactive ketones (excluding diaryl/α,β-unsaturated/α-hetero) is 1. The molecule has 1 aromatic heterocycles. The maximum atomic E-state index is 12.9. The Morgan fingerprint density at radius 2 is 1.70 bits per heavy atom. The molecule has 3 aromatic carbocycles. The van der Waals surface area contributed by atoms with E-state index in [1.54, 1.807) is 18.2 Å². The van der Waals surface area contributed by atoms with Crippen LogP contribution in [0.1, 0.15) is 22.3 Å². The Morgan fingerprint density at radius 3 is 2.54 bits per heavy atom. The standard InChI is InChI=1S/C26H19Cl2N3O5S/c27-15-5-7-17(18(28)11-15)19(32)14-37-26-30-29-25(24-13-35-20-3-1-2-4-22(20)36-24)31(26)16-6-8-21-23(12-16)34-10-9-33-21/h1-8,11-12,24H,9-10,13-14H2/t24-/m1/s1. The average molecular weight is 556 g/mol. The number of hydrogen-bond acceptors (Lipinski definition) is 8. The smallest absolute Gasteiger partial charge is 0.196 e. The summed E-state index contributed by atoms with van der Waals surface area (Å²) in [6.45, 7) is 1.21. The summed E-state index contributed by atoms with van der Waals surface area (Å²) in [7, 11) is 0. The summed E-state index contributed by atoms with van der Waals surface area (Å²) in [5, 5.41) is 10.1. The summed E-state index contributed by atoms with van der Waals surface area (Å²) >= 11 is 13.5. The highest BCUT2D eigenvalue weighted by Crippen LogP contribution is 2.39. The van der Waals surface area contributed by atoms with Gasteiger partial charge in [-0.3, -0.25) is 9.36 Å². The van der Waals surface area contributed by atoms with Gasteiger partial charge >= 0.3 is 0 Å². The highest BCUT2D eigenvalue weighted by atomic mass is 35.5. The largest absolute Gasteiger partial charge is 0.486 e. The Hall–Kier alpha value is -3.40. The fourth-order valence-electron chi connectivity index (χ4n) is 4.07. The molecule has 2 aliphatic rings. The van der Waals surface area contributed by atoms with Crippen LogP contribution >= 0.6 is 35.0 Å². The number of ether oxygens (including phenoxy) is 4. The quantitative estimate of drug-likeness (QED) is 0.217. The van der Waals surface area contributed by atoms with E-state index in [1.807, 2.05) is 47.0 Å². The van der Waals surface area contributed by atoms with Crippen LogP contribution in [0.25, 0.3) is 5.69 Å². The molecule has 3 heterocycles. The van der Waals surface area contributed by atoms with Gasteiger partial charge in [0.05, 0.1) is 16.5 Å². The van der Waals surface area contributed by atoms with Gasteiger partial charge in [-0.05, 0) is 42.5 Å². The van der Waals surface area contributed by atoms with Crippen molar-refractivity contribution in [1.29, 1.82) is 0 Å². The molecule has 0 saturated carbocycles. The first-order valence-corrected chi connectivity index (χ1v) is 13.2. The number of thioether (sulfide) groups is 1. The van der Waals surface area contributed by atoms with E-state index in [2.05, 4.69) is 10.2 Å². The van der Waals surface area contributed by atoms with Crippen molar-refractivity contribution in [2.24, 2.45) is 0 Å². The topological polar surface area (TPSA) is 84.7 Å². The fraction of sp³-hybridized carbons (Fsp3) is 0.192. The van der Waals surface area contributed by atoms with E-state index in [0.717, 1.165) is 5.69 Å². The molecule has 37 heavy (non-hydrogen) atoms. The third-order valence-electron chi connectivity index (χ3n) is 5.80. The second-order valence-electron chi connectivity index (χ2n) is 8.20. The van der Waals surface area contributed by atoms with Gasteiger partial charge < -0.3 is 18.9 Å². The van der Waals surface area contributed by atoms with E-state index in [4.69, 9.17) is 42.1 Å². The Balaban J connectivity index is 1.34. The SMILES string of the molecule is O=C(CSc1nnc([C@H]2COc3ccccc3O2)n1-c1ccc2c(c1)OCCO2)c1ccc(Cl)cc1Cl. The zero-order chi connectivity index (χ0) is 25.4. The lowest BCUT2D eigenvalue weighted by Crippen LogP contribution is -2.24.